The van der Waals surface area contributed by atoms with Crippen LogP contribution in [0.2, 0.25) is 5.04 Å². The van der Waals surface area contributed by atoms with Crippen molar-refractivity contribution < 1.29 is 9.53 Å². The molecule has 0 radical (unpaired) electrons. The second kappa shape index (κ2) is 8.80. The number of hydrogen-bond acceptors (Lipinski definition) is 2. The molecule has 0 aliphatic carbocycles. The van der Waals surface area contributed by atoms with Gasteiger partial charge < -0.3 is 9.53 Å². The fourth-order valence-corrected chi connectivity index (χ4v) is 7.89. The maximum atomic E-state index is 9.38. The molecule has 0 heterocycles. The molecule has 0 spiro atoms. The number of aliphatic hydroxyl groups excluding tert-OH is 1. The van der Waals surface area contributed by atoms with Crippen LogP contribution in [0.5, 0.6) is 0 Å². The Labute approximate surface area is 159 Å². The van der Waals surface area contributed by atoms with Crippen molar-refractivity contribution >= 4 is 18.7 Å². The average Bonchev–Trinajstić information content (AvgIpc) is 2.64. The van der Waals surface area contributed by atoms with E-state index in [0.29, 0.717) is 6.61 Å². The molecule has 2 nitrogen and oxygen atoms in total. The fraction of sp³-hybridized carbons (Fsp3) is 0.391. The number of aliphatic hydroxyl groups is 1. The topological polar surface area (TPSA) is 29.5 Å². The quantitative estimate of drug-likeness (QED) is 0.588. The molecular weight excluding hydrogens is 336 g/mol. The summed E-state index contributed by atoms with van der Waals surface area (Å²) < 4.78 is 6.81. The lowest BCUT2D eigenvalue weighted by atomic mass is 10.0. The Balaban J connectivity index is 2.51. The van der Waals surface area contributed by atoms with E-state index in [9.17, 15) is 5.11 Å². The van der Waals surface area contributed by atoms with Gasteiger partial charge in [0, 0.05) is 6.61 Å². The maximum Gasteiger partial charge on any atom is 0.261 e. The molecule has 0 aromatic heterocycles. The first-order valence-corrected chi connectivity index (χ1v) is 11.3. The Morgan fingerprint density at radius 2 is 1.46 bits per heavy atom. The Hall–Kier alpha value is -1.68. The summed E-state index contributed by atoms with van der Waals surface area (Å²) in [7, 11) is -2.47. The summed E-state index contributed by atoms with van der Waals surface area (Å²) in [5, 5.41) is 11.9. The van der Waals surface area contributed by atoms with Gasteiger partial charge in [-0.2, -0.15) is 0 Å². The van der Waals surface area contributed by atoms with Crippen LogP contribution in [0.1, 0.15) is 34.6 Å². The molecular formula is C23H32O2Si. The van der Waals surface area contributed by atoms with E-state index in [0.717, 1.165) is 0 Å². The van der Waals surface area contributed by atoms with Gasteiger partial charge in [0.2, 0.25) is 0 Å². The van der Waals surface area contributed by atoms with E-state index in [4.69, 9.17) is 4.43 Å². The van der Waals surface area contributed by atoms with Crippen molar-refractivity contribution in [1.29, 1.82) is 0 Å². The molecule has 0 amide bonds. The van der Waals surface area contributed by atoms with E-state index in [1.807, 2.05) is 6.92 Å². The van der Waals surface area contributed by atoms with Crippen molar-refractivity contribution in [3.05, 3.63) is 72.3 Å². The molecule has 26 heavy (non-hydrogen) atoms. The van der Waals surface area contributed by atoms with Crippen LogP contribution >= 0.6 is 0 Å². The number of rotatable bonds is 7. The molecule has 3 heteroatoms. The van der Waals surface area contributed by atoms with E-state index in [1.54, 1.807) is 0 Å². The van der Waals surface area contributed by atoms with E-state index < -0.39 is 8.32 Å². The minimum absolute atomic E-state index is 0.0138. The summed E-state index contributed by atoms with van der Waals surface area (Å²) >= 11 is 0. The minimum atomic E-state index is -2.47. The van der Waals surface area contributed by atoms with Crippen LogP contribution in [0.25, 0.3) is 0 Å². The second-order valence-electron chi connectivity index (χ2n) is 8.01. The molecule has 0 unspecified atom stereocenters. The first-order chi connectivity index (χ1) is 12.3. The summed E-state index contributed by atoms with van der Waals surface area (Å²) in [6.07, 6.45) is 2.13. The summed E-state index contributed by atoms with van der Waals surface area (Å²) in [6.45, 7) is 11.7. The maximum absolute atomic E-state index is 9.38. The largest absolute Gasteiger partial charge is 0.404 e. The van der Waals surface area contributed by atoms with Gasteiger partial charge in [-0.05, 0) is 28.3 Å². The van der Waals surface area contributed by atoms with E-state index in [-0.39, 0.29) is 17.6 Å². The van der Waals surface area contributed by atoms with Crippen LogP contribution in [-0.2, 0) is 4.43 Å². The summed E-state index contributed by atoms with van der Waals surface area (Å²) in [5.41, 5.74) is 1.17. The molecule has 1 N–H and O–H groups in total. The zero-order valence-corrected chi connectivity index (χ0v) is 17.7. The lowest BCUT2D eigenvalue weighted by molar-refractivity contribution is 0.254. The minimum Gasteiger partial charge on any atom is -0.404 e. The Morgan fingerprint density at radius 1 is 1.00 bits per heavy atom. The van der Waals surface area contributed by atoms with Gasteiger partial charge in [-0.25, -0.2) is 0 Å². The molecule has 1 atom stereocenters. The summed E-state index contributed by atoms with van der Waals surface area (Å²) in [4.78, 5) is 0. The predicted octanol–water partition coefficient (Wildman–Crippen LogP) is 4.14. The van der Waals surface area contributed by atoms with Gasteiger partial charge in [0.05, 0.1) is 6.61 Å². The highest BCUT2D eigenvalue weighted by atomic mass is 28.4. The van der Waals surface area contributed by atoms with Crippen LogP contribution in [0.15, 0.2) is 72.3 Å². The van der Waals surface area contributed by atoms with Crippen molar-refractivity contribution in [3.63, 3.8) is 0 Å². The number of hydrogen-bond donors (Lipinski definition) is 1. The smallest absolute Gasteiger partial charge is 0.261 e. The third-order valence-corrected chi connectivity index (χ3v) is 10.2. The van der Waals surface area contributed by atoms with Crippen molar-refractivity contribution in [3.8, 4) is 0 Å². The molecule has 0 saturated carbocycles. The fourth-order valence-electron chi connectivity index (χ4n) is 3.40. The summed E-state index contributed by atoms with van der Waals surface area (Å²) in [6, 6.07) is 21.3. The van der Waals surface area contributed by atoms with Crippen LogP contribution in [-0.4, -0.2) is 26.6 Å². The molecule has 2 rings (SSSR count). The van der Waals surface area contributed by atoms with Crippen molar-refractivity contribution in [1.82, 2.24) is 0 Å². The SMILES string of the molecule is C/C(=C\CO[Si](c1ccccc1)(c1ccccc1)C(C)(C)C)[C@H](C)CO. The number of benzene rings is 2. The molecule has 0 aliphatic heterocycles. The predicted molar refractivity (Wildman–Crippen MR) is 114 cm³/mol. The standard InChI is InChI=1S/C23H32O2Si/c1-19(20(2)18-24)16-17-25-26(23(3,4)5,21-12-8-6-9-13-21)22-14-10-7-11-15-22/h6-16,20,24H,17-18H2,1-5H3/b19-16+/t20-/m1/s1. The third kappa shape index (κ3) is 4.34. The van der Waals surface area contributed by atoms with Crippen LogP contribution in [0, 0.1) is 5.92 Å². The normalized spacial score (nSPS) is 14.3. The lowest BCUT2D eigenvalue weighted by Gasteiger charge is -2.42. The highest BCUT2D eigenvalue weighted by molar-refractivity contribution is 6.99. The van der Waals surface area contributed by atoms with Crippen molar-refractivity contribution in [2.24, 2.45) is 5.92 Å². The first kappa shape index (κ1) is 20.6. The van der Waals surface area contributed by atoms with Crippen LogP contribution < -0.4 is 10.4 Å². The Kier molecular flexibility index (Phi) is 6.99. The summed E-state index contributed by atoms with van der Waals surface area (Å²) in [5.74, 6) is 0.165. The second-order valence-corrected chi connectivity index (χ2v) is 12.3. The molecule has 0 fully saturated rings. The van der Waals surface area contributed by atoms with Crippen LogP contribution in [0.3, 0.4) is 0 Å². The first-order valence-electron chi connectivity index (χ1n) is 9.35. The highest BCUT2D eigenvalue weighted by Gasteiger charge is 2.49. The van der Waals surface area contributed by atoms with Crippen molar-refractivity contribution in [2.75, 3.05) is 13.2 Å². The van der Waals surface area contributed by atoms with Gasteiger partial charge in [-0.15, -0.1) is 0 Å². The van der Waals surface area contributed by atoms with Gasteiger partial charge in [0.15, 0.2) is 0 Å². The highest BCUT2D eigenvalue weighted by Crippen LogP contribution is 2.36. The average molecular weight is 369 g/mol. The van der Waals surface area contributed by atoms with Gasteiger partial charge >= 0.3 is 0 Å². The molecule has 2 aromatic carbocycles. The third-order valence-electron chi connectivity index (χ3n) is 5.17. The van der Waals surface area contributed by atoms with Gasteiger partial charge in [-0.1, -0.05) is 100 Å². The lowest BCUT2D eigenvalue weighted by Crippen LogP contribution is -2.66. The monoisotopic (exact) mass is 368 g/mol. The zero-order valence-electron chi connectivity index (χ0n) is 16.7. The zero-order chi connectivity index (χ0) is 19.2. The molecule has 0 saturated heterocycles. The van der Waals surface area contributed by atoms with Crippen LogP contribution in [0.4, 0.5) is 0 Å². The molecule has 2 aromatic rings. The Morgan fingerprint density at radius 3 is 1.85 bits per heavy atom. The van der Waals surface area contributed by atoms with E-state index >= 15 is 0 Å². The molecule has 0 aliphatic rings. The van der Waals surface area contributed by atoms with Gasteiger partial charge in [-0.3, -0.25) is 0 Å². The van der Waals surface area contributed by atoms with E-state index in [2.05, 4.69) is 94.4 Å². The molecule has 140 valence electrons. The Bertz CT molecular complexity index is 662. The van der Waals surface area contributed by atoms with Gasteiger partial charge in [0.25, 0.3) is 8.32 Å². The van der Waals surface area contributed by atoms with E-state index in [1.165, 1.54) is 15.9 Å². The van der Waals surface area contributed by atoms with Gasteiger partial charge in [0.1, 0.15) is 0 Å². The molecule has 0 bridgehead atoms. The van der Waals surface area contributed by atoms with Crippen molar-refractivity contribution in [2.45, 2.75) is 39.7 Å².